The van der Waals surface area contributed by atoms with Crippen LogP contribution in [0.4, 0.5) is 0 Å². The zero-order chi connectivity index (χ0) is 23.0. The van der Waals surface area contributed by atoms with Crippen molar-refractivity contribution in [3.8, 4) is 11.5 Å². The van der Waals surface area contributed by atoms with Gasteiger partial charge in [-0.2, -0.15) is 5.10 Å². The Morgan fingerprint density at radius 2 is 1.73 bits per heavy atom. The van der Waals surface area contributed by atoms with Crippen molar-refractivity contribution in [2.24, 2.45) is 5.10 Å². The standard InChI is InChI=1S/C27H23ClN2O3/c1-2-32-26-16-20(12-15-25(26)33-18-19-10-13-22(28)14-11-19)17-29-30-27(31)24-9-5-7-21-6-3-4-8-23(21)24/h3-17H,2,18H2,1H3,(H,30,31)/b29-17-. The highest BCUT2D eigenvalue weighted by molar-refractivity contribution is 6.30. The number of nitrogens with one attached hydrogen (secondary N) is 1. The number of fused-ring (bicyclic) bond motifs is 1. The first kappa shape index (κ1) is 22.4. The maximum Gasteiger partial charge on any atom is 0.271 e. The Morgan fingerprint density at radius 1 is 0.939 bits per heavy atom. The maximum absolute atomic E-state index is 12.6. The highest BCUT2D eigenvalue weighted by atomic mass is 35.5. The minimum Gasteiger partial charge on any atom is -0.490 e. The van der Waals surface area contributed by atoms with E-state index in [1.807, 2.05) is 85.8 Å². The van der Waals surface area contributed by atoms with Gasteiger partial charge in [-0.25, -0.2) is 5.43 Å². The number of benzene rings is 4. The lowest BCUT2D eigenvalue weighted by atomic mass is 10.0. The molecule has 33 heavy (non-hydrogen) atoms. The Kier molecular flexibility index (Phi) is 7.22. The third-order valence-corrected chi connectivity index (χ3v) is 5.24. The molecule has 0 spiro atoms. The number of hydrogen-bond donors (Lipinski definition) is 1. The van der Waals surface area contributed by atoms with E-state index in [9.17, 15) is 4.79 Å². The van der Waals surface area contributed by atoms with Crippen LogP contribution in [-0.2, 0) is 6.61 Å². The molecule has 0 aromatic heterocycles. The summed E-state index contributed by atoms with van der Waals surface area (Å²) in [5.74, 6) is 0.968. The van der Waals surface area contributed by atoms with Crippen LogP contribution >= 0.6 is 11.6 Å². The molecule has 4 aromatic rings. The van der Waals surface area contributed by atoms with E-state index in [2.05, 4.69) is 10.5 Å². The molecular weight excluding hydrogens is 436 g/mol. The first-order valence-electron chi connectivity index (χ1n) is 10.6. The van der Waals surface area contributed by atoms with Crippen LogP contribution in [0.15, 0.2) is 90.0 Å². The molecule has 0 saturated carbocycles. The SMILES string of the molecule is CCOc1cc(/C=N\NC(=O)c2cccc3ccccc23)ccc1OCc1ccc(Cl)cc1. The molecule has 0 saturated heterocycles. The number of nitrogens with zero attached hydrogens (tertiary/aromatic N) is 1. The third-order valence-electron chi connectivity index (χ3n) is 4.99. The average Bonchev–Trinajstić information content (AvgIpc) is 2.84. The van der Waals surface area contributed by atoms with Gasteiger partial charge in [0.1, 0.15) is 6.61 Å². The summed E-state index contributed by atoms with van der Waals surface area (Å²) in [7, 11) is 0. The first-order chi connectivity index (χ1) is 16.1. The topological polar surface area (TPSA) is 59.9 Å². The van der Waals surface area contributed by atoms with Gasteiger partial charge >= 0.3 is 0 Å². The number of carbonyl (C=O) groups is 1. The fourth-order valence-corrected chi connectivity index (χ4v) is 3.51. The van der Waals surface area contributed by atoms with Crippen molar-refractivity contribution in [3.63, 3.8) is 0 Å². The lowest BCUT2D eigenvalue weighted by Crippen LogP contribution is -2.17. The van der Waals surface area contributed by atoms with Crippen LogP contribution in [-0.4, -0.2) is 18.7 Å². The summed E-state index contributed by atoms with van der Waals surface area (Å²) in [6, 6.07) is 26.4. The molecule has 6 heteroatoms. The Morgan fingerprint density at radius 3 is 2.55 bits per heavy atom. The second kappa shape index (κ2) is 10.7. The number of rotatable bonds is 8. The maximum atomic E-state index is 12.6. The van der Waals surface area contributed by atoms with Crippen LogP contribution in [0.5, 0.6) is 11.5 Å². The molecule has 0 heterocycles. The summed E-state index contributed by atoms with van der Waals surface area (Å²) in [6.45, 7) is 2.80. The molecule has 0 atom stereocenters. The van der Waals surface area contributed by atoms with Crippen molar-refractivity contribution < 1.29 is 14.3 Å². The van der Waals surface area contributed by atoms with E-state index in [1.165, 1.54) is 0 Å². The van der Waals surface area contributed by atoms with Gasteiger partial charge in [0, 0.05) is 10.6 Å². The van der Waals surface area contributed by atoms with Crippen molar-refractivity contribution in [2.45, 2.75) is 13.5 Å². The summed E-state index contributed by atoms with van der Waals surface area (Å²) in [4.78, 5) is 12.6. The minimum atomic E-state index is -0.268. The number of halogens is 1. The molecule has 0 aliphatic carbocycles. The van der Waals surface area contributed by atoms with Crippen molar-refractivity contribution in [3.05, 3.63) is 107 Å². The molecule has 166 valence electrons. The van der Waals surface area contributed by atoms with Crippen molar-refractivity contribution in [1.29, 1.82) is 0 Å². The van der Waals surface area contributed by atoms with E-state index in [-0.39, 0.29) is 5.91 Å². The van der Waals surface area contributed by atoms with Gasteiger partial charge in [0.05, 0.1) is 12.8 Å². The van der Waals surface area contributed by atoms with Gasteiger partial charge in [-0.05, 0) is 65.2 Å². The van der Waals surface area contributed by atoms with Gasteiger partial charge in [0.15, 0.2) is 11.5 Å². The van der Waals surface area contributed by atoms with Gasteiger partial charge < -0.3 is 9.47 Å². The minimum absolute atomic E-state index is 0.268. The van der Waals surface area contributed by atoms with Crippen molar-refractivity contribution >= 4 is 34.5 Å². The van der Waals surface area contributed by atoms with Crippen LogP contribution in [0.3, 0.4) is 0 Å². The normalized spacial score (nSPS) is 11.0. The fraction of sp³-hybridized carbons (Fsp3) is 0.111. The second-order valence-corrected chi connectivity index (χ2v) is 7.72. The molecule has 1 amide bonds. The number of hydrogen-bond acceptors (Lipinski definition) is 4. The van der Waals surface area contributed by atoms with E-state index in [0.29, 0.717) is 35.3 Å². The molecule has 0 unspecified atom stereocenters. The zero-order valence-electron chi connectivity index (χ0n) is 18.1. The smallest absolute Gasteiger partial charge is 0.271 e. The summed E-state index contributed by atoms with van der Waals surface area (Å²) < 4.78 is 11.7. The zero-order valence-corrected chi connectivity index (χ0v) is 18.9. The highest BCUT2D eigenvalue weighted by Crippen LogP contribution is 2.29. The van der Waals surface area contributed by atoms with Crippen molar-refractivity contribution in [2.75, 3.05) is 6.61 Å². The molecule has 0 radical (unpaired) electrons. The molecule has 0 aliphatic rings. The average molecular weight is 459 g/mol. The van der Waals surface area contributed by atoms with Crippen LogP contribution in [0.1, 0.15) is 28.4 Å². The predicted octanol–water partition coefficient (Wildman–Crippen LogP) is 6.23. The van der Waals surface area contributed by atoms with Crippen LogP contribution in [0.2, 0.25) is 5.02 Å². The molecule has 5 nitrogen and oxygen atoms in total. The van der Waals surface area contributed by atoms with E-state index in [1.54, 1.807) is 12.3 Å². The molecule has 1 N–H and O–H groups in total. The van der Waals surface area contributed by atoms with E-state index in [0.717, 1.165) is 21.9 Å². The van der Waals surface area contributed by atoms with Crippen LogP contribution < -0.4 is 14.9 Å². The molecular formula is C27H23ClN2O3. The van der Waals surface area contributed by atoms with E-state index >= 15 is 0 Å². The lowest BCUT2D eigenvalue weighted by Gasteiger charge is -2.12. The molecule has 4 aromatic carbocycles. The summed E-state index contributed by atoms with van der Waals surface area (Å²) in [6.07, 6.45) is 1.58. The monoisotopic (exact) mass is 458 g/mol. The lowest BCUT2D eigenvalue weighted by molar-refractivity contribution is 0.0957. The second-order valence-electron chi connectivity index (χ2n) is 7.28. The third kappa shape index (κ3) is 5.70. The number of hydrazone groups is 1. The quantitative estimate of drug-likeness (QED) is 0.251. The van der Waals surface area contributed by atoms with Gasteiger partial charge in [0.25, 0.3) is 5.91 Å². The summed E-state index contributed by atoms with van der Waals surface area (Å²) in [5, 5.41) is 6.70. The number of carbonyl (C=O) groups excluding carboxylic acids is 1. The van der Waals surface area contributed by atoms with Crippen LogP contribution in [0, 0.1) is 0 Å². The largest absolute Gasteiger partial charge is 0.490 e. The predicted molar refractivity (Wildman–Crippen MR) is 132 cm³/mol. The molecule has 0 aliphatic heterocycles. The van der Waals surface area contributed by atoms with Crippen molar-refractivity contribution in [1.82, 2.24) is 5.43 Å². The Hall–Kier alpha value is -3.83. The van der Waals surface area contributed by atoms with E-state index in [4.69, 9.17) is 21.1 Å². The number of amides is 1. The first-order valence-corrected chi connectivity index (χ1v) is 11.0. The molecule has 0 bridgehead atoms. The van der Waals surface area contributed by atoms with Gasteiger partial charge in [0.2, 0.25) is 0 Å². The van der Waals surface area contributed by atoms with Crippen LogP contribution in [0.25, 0.3) is 10.8 Å². The highest BCUT2D eigenvalue weighted by Gasteiger charge is 2.09. The van der Waals surface area contributed by atoms with Gasteiger partial charge in [-0.1, -0.05) is 60.1 Å². The fourth-order valence-electron chi connectivity index (χ4n) is 3.38. The molecule has 4 rings (SSSR count). The Labute approximate surface area is 197 Å². The van der Waals surface area contributed by atoms with Gasteiger partial charge in [-0.15, -0.1) is 0 Å². The van der Waals surface area contributed by atoms with E-state index < -0.39 is 0 Å². The summed E-state index contributed by atoms with van der Waals surface area (Å²) >= 11 is 5.93. The van der Waals surface area contributed by atoms with Gasteiger partial charge in [-0.3, -0.25) is 4.79 Å². The number of ether oxygens (including phenoxy) is 2. The Balaban J connectivity index is 1.44. The Bertz CT molecular complexity index is 1280. The summed E-state index contributed by atoms with van der Waals surface area (Å²) in [5.41, 5.74) is 4.96. The molecule has 0 fully saturated rings.